The van der Waals surface area contributed by atoms with Crippen molar-refractivity contribution in [2.45, 2.75) is 0 Å². The van der Waals surface area contributed by atoms with Crippen molar-refractivity contribution in [3.63, 3.8) is 0 Å². The summed E-state index contributed by atoms with van der Waals surface area (Å²) in [6, 6.07) is 11.6. The Morgan fingerprint density at radius 1 is 0.947 bits per heavy atom. The number of nitrogens with two attached hydrogens (primary N) is 1. The third-order valence-electron chi connectivity index (χ3n) is 2.68. The van der Waals surface area contributed by atoms with Gasteiger partial charge in [-0.25, -0.2) is 10.8 Å². The molecule has 0 amide bonds. The lowest BCUT2D eigenvalue weighted by Gasteiger charge is -2.08. The summed E-state index contributed by atoms with van der Waals surface area (Å²) in [4.78, 5) is 12.5. The Labute approximate surface area is 109 Å². The number of nitrogen functional groups attached to an aromatic ring is 1. The topological polar surface area (TPSA) is 88.8 Å². The molecule has 0 atom stereocenters. The van der Waals surface area contributed by atoms with Gasteiger partial charge in [0, 0.05) is 17.8 Å². The van der Waals surface area contributed by atoms with Crippen LogP contribution in [0.1, 0.15) is 0 Å². The lowest BCUT2D eigenvalue weighted by atomic mass is 10.2. The van der Waals surface area contributed by atoms with E-state index < -0.39 is 0 Å². The quantitative estimate of drug-likeness (QED) is 0.488. The highest BCUT2D eigenvalue weighted by Gasteiger charge is 2.03. The number of rotatable bonds is 3. The number of hydrogen-bond acceptors (Lipinski definition) is 6. The molecule has 1 aromatic carbocycles. The Balaban J connectivity index is 2.01. The zero-order chi connectivity index (χ0) is 13.1. The Morgan fingerprint density at radius 3 is 2.74 bits per heavy atom. The van der Waals surface area contributed by atoms with E-state index in [2.05, 4.69) is 25.7 Å². The Kier molecular flexibility index (Phi) is 2.91. The second kappa shape index (κ2) is 4.87. The van der Waals surface area contributed by atoms with Crippen LogP contribution < -0.4 is 16.6 Å². The molecular weight excluding hydrogens is 240 g/mol. The van der Waals surface area contributed by atoms with Gasteiger partial charge in [-0.1, -0.05) is 18.2 Å². The number of para-hydroxylation sites is 1. The van der Waals surface area contributed by atoms with Crippen molar-refractivity contribution in [2.24, 2.45) is 5.84 Å². The molecule has 0 unspecified atom stereocenters. The highest BCUT2D eigenvalue weighted by atomic mass is 15.3. The molecule has 0 aliphatic heterocycles. The summed E-state index contributed by atoms with van der Waals surface area (Å²) in [6.45, 7) is 0. The molecule has 4 N–H and O–H groups in total. The average Bonchev–Trinajstić information content (AvgIpc) is 2.48. The number of fused-ring (bicyclic) bond motifs is 1. The minimum Gasteiger partial charge on any atom is -0.338 e. The summed E-state index contributed by atoms with van der Waals surface area (Å²) in [5.41, 5.74) is 4.20. The molecule has 6 nitrogen and oxygen atoms in total. The van der Waals surface area contributed by atoms with E-state index in [0.29, 0.717) is 11.8 Å². The zero-order valence-corrected chi connectivity index (χ0v) is 10.0. The van der Waals surface area contributed by atoms with Gasteiger partial charge in [0.2, 0.25) is 5.95 Å². The Hall–Kier alpha value is -2.73. The van der Waals surface area contributed by atoms with Crippen LogP contribution in [0.3, 0.4) is 0 Å². The standard InChI is InChI=1S/C13H12N6/c14-19-13-16-8-6-11(18-13)17-10-5-1-3-9-4-2-7-15-12(9)10/h1-8H,14H2,(H2,16,17,18,19). The molecule has 0 saturated heterocycles. The van der Waals surface area contributed by atoms with Crippen molar-refractivity contribution < 1.29 is 0 Å². The van der Waals surface area contributed by atoms with Crippen molar-refractivity contribution in [2.75, 3.05) is 10.7 Å². The van der Waals surface area contributed by atoms with Crippen molar-refractivity contribution in [3.8, 4) is 0 Å². The molecule has 3 aromatic rings. The number of hydrazine groups is 1. The van der Waals surface area contributed by atoms with E-state index in [4.69, 9.17) is 5.84 Å². The van der Waals surface area contributed by atoms with Crippen LogP contribution in [0.4, 0.5) is 17.5 Å². The first-order valence-corrected chi connectivity index (χ1v) is 5.77. The number of nitrogens with zero attached hydrogens (tertiary/aromatic N) is 3. The highest BCUT2D eigenvalue weighted by molar-refractivity contribution is 5.91. The summed E-state index contributed by atoms with van der Waals surface area (Å²) >= 11 is 0. The van der Waals surface area contributed by atoms with Crippen LogP contribution in [0.2, 0.25) is 0 Å². The van der Waals surface area contributed by atoms with Gasteiger partial charge in [0.1, 0.15) is 5.82 Å². The second-order valence-electron chi connectivity index (χ2n) is 3.92. The van der Waals surface area contributed by atoms with Gasteiger partial charge < -0.3 is 5.32 Å². The summed E-state index contributed by atoms with van der Waals surface area (Å²) in [5, 5.41) is 4.28. The first kappa shape index (κ1) is 11.4. The number of nitrogens with one attached hydrogen (secondary N) is 2. The molecule has 0 aliphatic carbocycles. The van der Waals surface area contributed by atoms with Crippen molar-refractivity contribution >= 4 is 28.4 Å². The number of aromatic nitrogens is 3. The predicted molar refractivity (Wildman–Crippen MR) is 74.9 cm³/mol. The molecule has 0 radical (unpaired) electrons. The largest absolute Gasteiger partial charge is 0.338 e. The van der Waals surface area contributed by atoms with E-state index in [1.807, 2.05) is 30.3 Å². The molecule has 6 heteroatoms. The van der Waals surface area contributed by atoms with Gasteiger partial charge in [0.05, 0.1) is 11.2 Å². The number of benzene rings is 1. The third kappa shape index (κ3) is 2.29. The van der Waals surface area contributed by atoms with Gasteiger partial charge in [-0.3, -0.25) is 10.4 Å². The summed E-state index contributed by atoms with van der Waals surface area (Å²) < 4.78 is 0. The summed E-state index contributed by atoms with van der Waals surface area (Å²) in [5.74, 6) is 6.30. The molecule has 94 valence electrons. The van der Waals surface area contributed by atoms with E-state index in [9.17, 15) is 0 Å². The fourth-order valence-electron chi connectivity index (χ4n) is 1.84. The molecule has 19 heavy (non-hydrogen) atoms. The van der Waals surface area contributed by atoms with E-state index in [-0.39, 0.29) is 0 Å². The van der Waals surface area contributed by atoms with Gasteiger partial charge in [-0.2, -0.15) is 4.98 Å². The van der Waals surface area contributed by atoms with Gasteiger partial charge >= 0.3 is 0 Å². The molecule has 2 aromatic heterocycles. The smallest absolute Gasteiger partial charge is 0.239 e. The van der Waals surface area contributed by atoms with Gasteiger partial charge in [-0.05, 0) is 18.2 Å². The summed E-state index contributed by atoms with van der Waals surface area (Å²) in [7, 11) is 0. The zero-order valence-electron chi connectivity index (χ0n) is 10.0. The average molecular weight is 252 g/mol. The molecular formula is C13H12N6. The van der Waals surface area contributed by atoms with Crippen LogP contribution in [0.15, 0.2) is 48.8 Å². The molecule has 0 bridgehead atoms. The number of pyridine rings is 1. The van der Waals surface area contributed by atoms with E-state index in [1.54, 1.807) is 18.5 Å². The van der Waals surface area contributed by atoms with Gasteiger partial charge in [-0.15, -0.1) is 0 Å². The monoisotopic (exact) mass is 252 g/mol. The van der Waals surface area contributed by atoms with Crippen molar-refractivity contribution in [1.82, 2.24) is 15.0 Å². The first-order chi connectivity index (χ1) is 9.36. The summed E-state index contributed by atoms with van der Waals surface area (Å²) in [6.07, 6.45) is 3.39. The molecule has 0 saturated carbocycles. The fourth-order valence-corrected chi connectivity index (χ4v) is 1.84. The van der Waals surface area contributed by atoms with E-state index in [1.165, 1.54) is 0 Å². The predicted octanol–water partition coefficient (Wildman–Crippen LogP) is 2.05. The van der Waals surface area contributed by atoms with E-state index >= 15 is 0 Å². The lowest BCUT2D eigenvalue weighted by molar-refractivity contribution is 1.12. The van der Waals surface area contributed by atoms with Crippen LogP contribution >= 0.6 is 0 Å². The lowest BCUT2D eigenvalue weighted by Crippen LogP contribution is -2.10. The van der Waals surface area contributed by atoms with Crippen LogP contribution in [0.5, 0.6) is 0 Å². The van der Waals surface area contributed by atoms with Crippen molar-refractivity contribution in [3.05, 3.63) is 48.8 Å². The molecule has 2 heterocycles. The maximum Gasteiger partial charge on any atom is 0.239 e. The van der Waals surface area contributed by atoms with Crippen LogP contribution in [0, 0.1) is 0 Å². The molecule has 3 rings (SSSR count). The van der Waals surface area contributed by atoms with E-state index in [0.717, 1.165) is 16.6 Å². The third-order valence-corrected chi connectivity index (χ3v) is 2.68. The number of anilines is 3. The Morgan fingerprint density at radius 2 is 1.84 bits per heavy atom. The van der Waals surface area contributed by atoms with Crippen molar-refractivity contribution in [1.29, 1.82) is 0 Å². The van der Waals surface area contributed by atoms with Gasteiger partial charge in [0.15, 0.2) is 0 Å². The maximum atomic E-state index is 5.29. The van der Waals surface area contributed by atoms with Crippen LogP contribution in [0.25, 0.3) is 10.9 Å². The first-order valence-electron chi connectivity index (χ1n) is 5.77. The molecule has 0 aliphatic rings. The molecule has 0 fully saturated rings. The fraction of sp³-hybridized carbons (Fsp3) is 0. The second-order valence-corrected chi connectivity index (χ2v) is 3.92. The Bertz CT molecular complexity index is 707. The SMILES string of the molecule is NNc1nccc(Nc2cccc3cccnc23)n1. The number of hydrogen-bond donors (Lipinski definition) is 3. The maximum absolute atomic E-state index is 5.29. The highest BCUT2D eigenvalue weighted by Crippen LogP contribution is 2.23. The van der Waals surface area contributed by atoms with Crippen LogP contribution in [-0.2, 0) is 0 Å². The van der Waals surface area contributed by atoms with Gasteiger partial charge in [0.25, 0.3) is 0 Å². The van der Waals surface area contributed by atoms with Crippen LogP contribution in [-0.4, -0.2) is 15.0 Å². The minimum absolute atomic E-state index is 0.359. The molecule has 0 spiro atoms. The minimum atomic E-state index is 0.359. The normalized spacial score (nSPS) is 10.4.